The zero-order chi connectivity index (χ0) is 15.3. The predicted octanol–water partition coefficient (Wildman–Crippen LogP) is 7.61. The Kier molecular flexibility index (Phi) is 10.9. The van der Waals surface area contributed by atoms with Gasteiger partial charge in [-0.25, -0.2) is 0 Å². The topological polar surface area (TPSA) is 0 Å². The molecule has 0 aliphatic rings. The summed E-state index contributed by atoms with van der Waals surface area (Å²) >= 11 is 3.60. The average molecular weight is 353 g/mol. The van der Waals surface area contributed by atoms with Crippen LogP contribution in [0, 0.1) is 0 Å². The number of rotatable bonds is 12. The van der Waals surface area contributed by atoms with Crippen molar-refractivity contribution in [3.63, 3.8) is 0 Å². The third kappa shape index (κ3) is 8.04. The van der Waals surface area contributed by atoms with E-state index >= 15 is 0 Å². The first-order chi connectivity index (χ1) is 10.3. The minimum Gasteiger partial charge on any atom is -0.0876 e. The van der Waals surface area contributed by atoms with Gasteiger partial charge in [-0.15, -0.1) is 0 Å². The molecule has 1 rings (SSSR count). The summed E-state index contributed by atoms with van der Waals surface area (Å²) in [5.74, 6) is 0.698. The van der Waals surface area contributed by atoms with Crippen molar-refractivity contribution in [2.75, 3.05) is 0 Å². The fraction of sp³-hybridized carbons (Fsp3) is 0.700. The zero-order valence-corrected chi connectivity index (χ0v) is 15.6. The summed E-state index contributed by atoms with van der Waals surface area (Å²) in [5, 5.41) is 0.977. The molecule has 0 radical (unpaired) electrons. The Hall–Kier alpha value is -0.300. The normalized spacial score (nSPS) is 12.5. The van der Waals surface area contributed by atoms with Gasteiger partial charge in [0.05, 0.1) is 0 Å². The van der Waals surface area contributed by atoms with E-state index in [9.17, 15) is 0 Å². The lowest BCUT2D eigenvalue weighted by molar-refractivity contribution is 0.538. The standard InChI is InChI=1S/C20H33Br/c1-3-4-5-6-7-8-9-10-11-14-18(2)20-16-13-12-15-19(20)17-21/h12-13,15-16,18H,3-11,14,17H2,1-2H3. The van der Waals surface area contributed by atoms with E-state index in [4.69, 9.17) is 0 Å². The summed E-state index contributed by atoms with van der Waals surface area (Å²) in [7, 11) is 0. The second-order valence-electron chi connectivity index (χ2n) is 6.35. The quantitative estimate of drug-likeness (QED) is 0.268. The maximum Gasteiger partial charge on any atom is 0.0285 e. The lowest BCUT2D eigenvalue weighted by atomic mass is 9.91. The molecule has 1 aromatic carbocycles. The molecule has 0 saturated carbocycles. The van der Waals surface area contributed by atoms with Crippen molar-refractivity contribution in [3.8, 4) is 0 Å². The molecule has 0 saturated heterocycles. The summed E-state index contributed by atoms with van der Waals surface area (Å²) in [4.78, 5) is 0. The number of hydrogen-bond acceptors (Lipinski definition) is 0. The fourth-order valence-electron chi connectivity index (χ4n) is 3.05. The van der Waals surface area contributed by atoms with Crippen LogP contribution >= 0.6 is 15.9 Å². The Labute approximate surface area is 140 Å². The van der Waals surface area contributed by atoms with Gasteiger partial charge in [0.1, 0.15) is 0 Å². The molecule has 0 aliphatic carbocycles. The highest BCUT2D eigenvalue weighted by molar-refractivity contribution is 9.08. The van der Waals surface area contributed by atoms with Crippen LogP contribution in [-0.2, 0) is 5.33 Å². The van der Waals surface area contributed by atoms with Crippen LogP contribution in [-0.4, -0.2) is 0 Å². The van der Waals surface area contributed by atoms with Crippen molar-refractivity contribution < 1.29 is 0 Å². The monoisotopic (exact) mass is 352 g/mol. The molecule has 0 bridgehead atoms. The molecule has 120 valence electrons. The van der Waals surface area contributed by atoms with Crippen molar-refractivity contribution in [1.29, 1.82) is 0 Å². The molecule has 1 aromatic rings. The van der Waals surface area contributed by atoms with E-state index in [0.29, 0.717) is 5.92 Å². The molecule has 0 aromatic heterocycles. The van der Waals surface area contributed by atoms with Crippen molar-refractivity contribution in [1.82, 2.24) is 0 Å². The van der Waals surface area contributed by atoms with Gasteiger partial charge in [-0.1, -0.05) is 112 Å². The largest absolute Gasteiger partial charge is 0.0876 e. The Morgan fingerprint density at radius 3 is 2.05 bits per heavy atom. The highest BCUT2D eigenvalue weighted by atomic mass is 79.9. The molecule has 0 amide bonds. The average Bonchev–Trinajstić information content (AvgIpc) is 2.53. The minimum absolute atomic E-state index is 0.698. The van der Waals surface area contributed by atoms with E-state index in [1.807, 2.05) is 0 Å². The first-order valence-electron chi connectivity index (χ1n) is 8.93. The first-order valence-corrected chi connectivity index (χ1v) is 10.1. The lowest BCUT2D eigenvalue weighted by Crippen LogP contribution is -1.98. The number of unbranched alkanes of at least 4 members (excludes halogenated alkanes) is 8. The molecule has 1 heteroatoms. The van der Waals surface area contributed by atoms with Crippen molar-refractivity contribution >= 4 is 15.9 Å². The van der Waals surface area contributed by atoms with Gasteiger partial charge in [-0.05, 0) is 23.5 Å². The summed E-state index contributed by atoms with van der Waals surface area (Å²) in [5.41, 5.74) is 3.00. The van der Waals surface area contributed by atoms with Gasteiger partial charge < -0.3 is 0 Å². The summed E-state index contributed by atoms with van der Waals surface area (Å²) in [6.07, 6.45) is 14.1. The molecule has 0 aliphatic heterocycles. The van der Waals surface area contributed by atoms with Crippen LogP contribution in [0.1, 0.15) is 95.1 Å². The van der Waals surface area contributed by atoms with Crippen LogP contribution in [0.4, 0.5) is 0 Å². The van der Waals surface area contributed by atoms with E-state index in [-0.39, 0.29) is 0 Å². The van der Waals surface area contributed by atoms with Crippen molar-refractivity contribution in [2.24, 2.45) is 0 Å². The predicted molar refractivity (Wildman–Crippen MR) is 99.3 cm³/mol. The lowest BCUT2D eigenvalue weighted by Gasteiger charge is -2.15. The number of benzene rings is 1. The van der Waals surface area contributed by atoms with E-state index < -0.39 is 0 Å². The Bertz CT molecular complexity index is 359. The molecular weight excluding hydrogens is 320 g/mol. The number of halogens is 1. The van der Waals surface area contributed by atoms with Gasteiger partial charge in [0.25, 0.3) is 0 Å². The van der Waals surface area contributed by atoms with Crippen molar-refractivity contribution in [2.45, 2.75) is 89.3 Å². The molecule has 1 unspecified atom stereocenters. The van der Waals surface area contributed by atoms with Gasteiger partial charge >= 0.3 is 0 Å². The highest BCUT2D eigenvalue weighted by Crippen LogP contribution is 2.26. The molecule has 0 fully saturated rings. The second kappa shape index (κ2) is 12.3. The fourth-order valence-corrected chi connectivity index (χ4v) is 3.56. The van der Waals surface area contributed by atoms with E-state index in [0.717, 1.165) is 5.33 Å². The summed E-state index contributed by atoms with van der Waals surface area (Å²) < 4.78 is 0. The molecule has 0 spiro atoms. The Balaban J connectivity index is 2.09. The third-order valence-electron chi connectivity index (χ3n) is 4.47. The zero-order valence-electron chi connectivity index (χ0n) is 14.0. The molecular formula is C20H33Br. The third-order valence-corrected chi connectivity index (χ3v) is 5.07. The maximum absolute atomic E-state index is 3.60. The first kappa shape index (κ1) is 18.7. The van der Waals surface area contributed by atoms with Crippen LogP contribution in [0.2, 0.25) is 0 Å². The van der Waals surface area contributed by atoms with E-state index in [1.165, 1.54) is 75.3 Å². The molecule has 1 atom stereocenters. The van der Waals surface area contributed by atoms with Gasteiger partial charge in [0.15, 0.2) is 0 Å². The Morgan fingerprint density at radius 1 is 0.857 bits per heavy atom. The van der Waals surface area contributed by atoms with Crippen molar-refractivity contribution in [3.05, 3.63) is 35.4 Å². The number of hydrogen-bond donors (Lipinski definition) is 0. The second-order valence-corrected chi connectivity index (χ2v) is 6.91. The molecule has 0 N–H and O–H groups in total. The van der Waals surface area contributed by atoms with Crippen LogP contribution in [0.25, 0.3) is 0 Å². The summed E-state index contributed by atoms with van der Waals surface area (Å²) in [6, 6.07) is 8.87. The van der Waals surface area contributed by atoms with Crippen LogP contribution in [0.3, 0.4) is 0 Å². The van der Waals surface area contributed by atoms with E-state index in [1.54, 1.807) is 0 Å². The van der Waals surface area contributed by atoms with Gasteiger partial charge in [0, 0.05) is 5.33 Å². The SMILES string of the molecule is CCCCCCCCCCCC(C)c1ccccc1CBr. The van der Waals surface area contributed by atoms with E-state index in [2.05, 4.69) is 54.0 Å². The minimum atomic E-state index is 0.698. The molecule has 0 heterocycles. The maximum atomic E-state index is 3.60. The van der Waals surface area contributed by atoms with Crippen LogP contribution in [0.5, 0.6) is 0 Å². The Morgan fingerprint density at radius 2 is 1.43 bits per heavy atom. The van der Waals surface area contributed by atoms with Crippen LogP contribution < -0.4 is 0 Å². The van der Waals surface area contributed by atoms with Gasteiger partial charge in [-0.2, -0.15) is 0 Å². The molecule has 21 heavy (non-hydrogen) atoms. The molecule has 0 nitrogen and oxygen atoms in total. The number of alkyl halides is 1. The van der Waals surface area contributed by atoms with Gasteiger partial charge in [0.2, 0.25) is 0 Å². The smallest absolute Gasteiger partial charge is 0.0285 e. The summed E-state index contributed by atoms with van der Waals surface area (Å²) in [6.45, 7) is 4.67. The van der Waals surface area contributed by atoms with Gasteiger partial charge in [-0.3, -0.25) is 0 Å². The van der Waals surface area contributed by atoms with Crippen LogP contribution in [0.15, 0.2) is 24.3 Å². The highest BCUT2D eigenvalue weighted by Gasteiger charge is 2.08.